The second kappa shape index (κ2) is 8.39. The molecule has 0 atom stereocenters. The first-order valence-electron chi connectivity index (χ1n) is 10.0. The van der Waals surface area contributed by atoms with E-state index in [2.05, 4.69) is 15.7 Å². The number of furan rings is 1. The zero-order valence-corrected chi connectivity index (χ0v) is 18.4. The van der Waals surface area contributed by atoms with E-state index in [-0.39, 0.29) is 0 Å². The van der Waals surface area contributed by atoms with Gasteiger partial charge in [0.15, 0.2) is 0 Å². The second-order valence-electron chi connectivity index (χ2n) is 8.21. The fraction of sp³-hybridized carbons (Fsp3) is 0.545. The molecule has 0 saturated carbocycles. The van der Waals surface area contributed by atoms with Crippen LogP contribution >= 0.6 is 0 Å². The number of aryl methyl sites for hydroxylation is 5. The van der Waals surface area contributed by atoms with Crippen molar-refractivity contribution >= 4 is 10.0 Å². The van der Waals surface area contributed by atoms with Crippen molar-refractivity contribution in [2.24, 2.45) is 5.92 Å². The molecule has 0 radical (unpaired) electrons. The van der Waals surface area contributed by atoms with E-state index in [0.29, 0.717) is 17.4 Å². The zero-order chi connectivity index (χ0) is 20.5. The summed E-state index contributed by atoms with van der Waals surface area (Å²) in [6.45, 7) is 13.2. The van der Waals surface area contributed by atoms with Gasteiger partial charge >= 0.3 is 0 Å². The third-order valence-corrected chi connectivity index (χ3v) is 7.45. The summed E-state index contributed by atoms with van der Waals surface area (Å²) in [5, 5.41) is 0. The van der Waals surface area contributed by atoms with E-state index >= 15 is 0 Å². The minimum atomic E-state index is -3.47. The molecule has 1 N–H and O–H groups in total. The SMILES string of the molecule is Cc1cc(CN2CCC(CNS(=O)(=O)c3cc(C)c(C)cc3C)CC2)c(C)o1. The molecule has 0 unspecified atom stereocenters. The number of piperidine rings is 1. The van der Waals surface area contributed by atoms with Crippen molar-refractivity contribution in [2.75, 3.05) is 19.6 Å². The highest BCUT2D eigenvalue weighted by molar-refractivity contribution is 7.89. The van der Waals surface area contributed by atoms with Crippen LogP contribution in [0.1, 0.15) is 46.6 Å². The first kappa shape index (κ1) is 21.1. The predicted octanol–water partition coefficient (Wildman–Crippen LogP) is 4.01. The number of hydrogen-bond acceptors (Lipinski definition) is 4. The Morgan fingerprint density at radius 1 is 1.00 bits per heavy atom. The molecule has 1 aromatic heterocycles. The molecule has 28 heavy (non-hydrogen) atoms. The van der Waals surface area contributed by atoms with Crippen molar-refractivity contribution in [3.63, 3.8) is 0 Å². The molecular formula is C22H32N2O3S. The van der Waals surface area contributed by atoms with E-state index < -0.39 is 10.0 Å². The van der Waals surface area contributed by atoms with Gasteiger partial charge in [-0.1, -0.05) is 6.07 Å². The third-order valence-electron chi connectivity index (χ3n) is 5.89. The molecule has 5 nitrogen and oxygen atoms in total. The summed E-state index contributed by atoms with van der Waals surface area (Å²) in [7, 11) is -3.47. The Morgan fingerprint density at radius 2 is 1.64 bits per heavy atom. The van der Waals surface area contributed by atoms with Crippen LogP contribution in [0, 0.1) is 40.5 Å². The van der Waals surface area contributed by atoms with Crippen molar-refractivity contribution in [3.8, 4) is 0 Å². The van der Waals surface area contributed by atoms with Crippen molar-refractivity contribution in [1.29, 1.82) is 0 Å². The molecule has 0 amide bonds. The average Bonchev–Trinajstić information content (AvgIpc) is 2.94. The maximum atomic E-state index is 12.8. The Hall–Kier alpha value is -1.63. The molecule has 0 spiro atoms. The molecule has 1 aliphatic rings. The summed E-state index contributed by atoms with van der Waals surface area (Å²) in [6, 6.07) is 5.84. The highest BCUT2D eigenvalue weighted by atomic mass is 32.2. The number of rotatable bonds is 6. The van der Waals surface area contributed by atoms with Gasteiger partial charge < -0.3 is 4.42 Å². The lowest BCUT2D eigenvalue weighted by Crippen LogP contribution is -2.38. The number of nitrogens with zero attached hydrogens (tertiary/aromatic N) is 1. The van der Waals surface area contributed by atoms with Crippen LogP contribution in [0.5, 0.6) is 0 Å². The standard InChI is InChI=1S/C22H32N2O3S/c1-15-10-17(3)22(11-16(15)2)28(25,26)23-13-20-6-8-24(9-7-20)14-21-12-18(4)27-19(21)5/h10-12,20,23H,6-9,13-14H2,1-5H3. The van der Waals surface area contributed by atoms with Crippen LogP contribution in [0.15, 0.2) is 27.5 Å². The quantitative estimate of drug-likeness (QED) is 0.790. The van der Waals surface area contributed by atoms with Crippen molar-refractivity contribution in [3.05, 3.63) is 52.0 Å². The van der Waals surface area contributed by atoms with Gasteiger partial charge in [0.25, 0.3) is 0 Å². The second-order valence-corrected chi connectivity index (χ2v) is 9.95. The monoisotopic (exact) mass is 404 g/mol. The molecule has 1 aliphatic heterocycles. The van der Waals surface area contributed by atoms with Gasteiger partial charge in [0.05, 0.1) is 4.90 Å². The van der Waals surface area contributed by atoms with Crippen molar-refractivity contribution in [2.45, 2.75) is 58.9 Å². The van der Waals surface area contributed by atoms with Gasteiger partial charge in [-0.2, -0.15) is 0 Å². The van der Waals surface area contributed by atoms with Crippen LogP contribution in [0.2, 0.25) is 0 Å². The Labute approximate surface area is 169 Å². The molecule has 1 fully saturated rings. The lowest BCUT2D eigenvalue weighted by atomic mass is 9.97. The minimum Gasteiger partial charge on any atom is -0.466 e. The molecule has 0 aliphatic carbocycles. The summed E-state index contributed by atoms with van der Waals surface area (Å²) in [5.41, 5.74) is 4.17. The fourth-order valence-electron chi connectivity index (χ4n) is 3.96. The van der Waals surface area contributed by atoms with E-state index in [4.69, 9.17) is 4.42 Å². The Morgan fingerprint density at radius 3 is 2.25 bits per heavy atom. The molecule has 154 valence electrons. The number of sulfonamides is 1. The third kappa shape index (κ3) is 4.85. The van der Waals surface area contributed by atoms with E-state index in [1.54, 1.807) is 6.07 Å². The molecular weight excluding hydrogens is 372 g/mol. The topological polar surface area (TPSA) is 62.6 Å². The Bertz CT molecular complexity index is 939. The summed E-state index contributed by atoms with van der Waals surface area (Å²) >= 11 is 0. The van der Waals surface area contributed by atoms with Crippen LogP contribution < -0.4 is 4.72 Å². The number of hydrogen-bond donors (Lipinski definition) is 1. The van der Waals surface area contributed by atoms with Crippen LogP contribution in [-0.4, -0.2) is 33.0 Å². The highest BCUT2D eigenvalue weighted by Crippen LogP contribution is 2.23. The van der Waals surface area contributed by atoms with Gasteiger partial charge in [0, 0.05) is 18.7 Å². The van der Waals surface area contributed by atoms with Gasteiger partial charge in [-0.15, -0.1) is 0 Å². The summed E-state index contributed by atoms with van der Waals surface area (Å²) in [5.74, 6) is 2.33. The molecule has 1 saturated heterocycles. The van der Waals surface area contributed by atoms with E-state index in [1.807, 2.05) is 40.7 Å². The van der Waals surface area contributed by atoms with Crippen LogP contribution in [0.4, 0.5) is 0 Å². The summed E-state index contributed by atoms with van der Waals surface area (Å²) in [6.07, 6.45) is 2.01. The molecule has 0 bridgehead atoms. The first-order chi connectivity index (χ1) is 13.2. The normalized spacial score (nSPS) is 16.6. The molecule has 2 aromatic rings. The molecule has 6 heteroatoms. The zero-order valence-electron chi connectivity index (χ0n) is 17.6. The van der Waals surface area contributed by atoms with Crippen LogP contribution in [0.3, 0.4) is 0 Å². The largest absolute Gasteiger partial charge is 0.466 e. The van der Waals surface area contributed by atoms with Crippen molar-refractivity contribution in [1.82, 2.24) is 9.62 Å². The Kier molecular flexibility index (Phi) is 6.32. The predicted molar refractivity (Wildman–Crippen MR) is 112 cm³/mol. The Balaban J connectivity index is 1.54. The van der Waals surface area contributed by atoms with E-state index in [0.717, 1.165) is 60.7 Å². The van der Waals surface area contributed by atoms with E-state index in [1.165, 1.54) is 5.56 Å². The smallest absolute Gasteiger partial charge is 0.240 e. The molecule has 2 heterocycles. The van der Waals surface area contributed by atoms with Crippen LogP contribution in [-0.2, 0) is 16.6 Å². The lowest BCUT2D eigenvalue weighted by Gasteiger charge is -2.31. The maximum Gasteiger partial charge on any atom is 0.240 e. The van der Waals surface area contributed by atoms with Gasteiger partial charge in [-0.05, 0) is 95.3 Å². The fourth-order valence-corrected chi connectivity index (χ4v) is 5.38. The lowest BCUT2D eigenvalue weighted by molar-refractivity contribution is 0.178. The highest BCUT2D eigenvalue weighted by Gasteiger charge is 2.24. The summed E-state index contributed by atoms with van der Waals surface area (Å²) < 4.78 is 34.0. The van der Waals surface area contributed by atoms with Gasteiger partial charge in [0.1, 0.15) is 11.5 Å². The van der Waals surface area contributed by atoms with Crippen molar-refractivity contribution < 1.29 is 12.8 Å². The molecule has 3 rings (SSSR count). The summed E-state index contributed by atoms with van der Waals surface area (Å²) in [4.78, 5) is 2.83. The molecule has 1 aromatic carbocycles. The van der Waals surface area contributed by atoms with Crippen LogP contribution in [0.25, 0.3) is 0 Å². The first-order valence-corrected chi connectivity index (χ1v) is 11.5. The average molecular weight is 405 g/mol. The minimum absolute atomic E-state index is 0.380. The van der Waals surface area contributed by atoms with E-state index in [9.17, 15) is 8.42 Å². The van der Waals surface area contributed by atoms with Gasteiger partial charge in [-0.3, -0.25) is 4.90 Å². The number of nitrogens with one attached hydrogen (secondary N) is 1. The van der Waals surface area contributed by atoms with Gasteiger partial charge in [0.2, 0.25) is 10.0 Å². The number of likely N-dealkylation sites (tertiary alicyclic amines) is 1. The maximum absolute atomic E-state index is 12.8. The van der Waals surface area contributed by atoms with Gasteiger partial charge in [-0.25, -0.2) is 13.1 Å². The number of benzene rings is 1.